The number of aliphatic imine (C=N–C) groups is 1. The van der Waals surface area contributed by atoms with Crippen molar-refractivity contribution in [3.05, 3.63) is 0 Å². The van der Waals surface area contributed by atoms with Crippen molar-refractivity contribution in [2.24, 2.45) is 10.9 Å². The van der Waals surface area contributed by atoms with Gasteiger partial charge in [-0.25, -0.2) is 0 Å². The second kappa shape index (κ2) is 12.0. The fraction of sp³-hybridized carbons (Fsp3) is 0.947. The van der Waals surface area contributed by atoms with Crippen molar-refractivity contribution in [1.82, 2.24) is 15.5 Å². The van der Waals surface area contributed by atoms with Gasteiger partial charge in [0.05, 0.1) is 13.2 Å². The summed E-state index contributed by atoms with van der Waals surface area (Å²) >= 11 is 2.09. The van der Waals surface area contributed by atoms with E-state index in [1.165, 1.54) is 56.5 Å². The van der Waals surface area contributed by atoms with Gasteiger partial charge >= 0.3 is 0 Å². The molecule has 0 atom stereocenters. The third-order valence-corrected chi connectivity index (χ3v) is 7.22. The number of rotatable bonds is 5. The van der Waals surface area contributed by atoms with Gasteiger partial charge in [-0.2, -0.15) is 11.8 Å². The highest BCUT2D eigenvalue weighted by molar-refractivity contribution is 14.0. The van der Waals surface area contributed by atoms with E-state index in [9.17, 15) is 0 Å². The molecule has 0 aromatic heterocycles. The maximum Gasteiger partial charge on any atom is 0.191 e. The van der Waals surface area contributed by atoms with Crippen LogP contribution in [0.1, 0.15) is 44.9 Å². The summed E-state index contributed by atoms with van der Waals surface area (Å²) in [6.45, 7) is 5.99. The van der Waals surface area contributed by atoms with E-state index in [1.807, 2.05) is 7.05 Å². The molecule has 7 heteroatoms. The Morgan fingerprint density at radius 3 is 2.46 bits per heavy atom. The Hall–Kier alpha value is 0.270. The quantitative estimate of drug-likeness (QED) is 0.348. The average Bonchev–Trinajstić information content (AvgIpc) is 2.70. The lowest BCUT2D eigenvalue weighted by Gasteiger charge is -2.48. The number of hydrogen-bond acceptors (Lipinski definition) is 4. The smallest absolute Gasteiger partial charge is 0.191 e. The van der Waals surface area contributed by atoms with Crippen LogP contribution in [-0.2, 0) is 4.74 Å². The van der Waals surface area contributed by atoms with Crippen LogP contribution >= 0.6 is 35.7 Å². The predicted octanol–water partition coefficient (Wildman–Crippen LogP) is 2.95. The van der Waals surface area contributed by atoms with Gasteiger partial charge in [0, 0.05) is 38.8 Å². The highest BCUT2D eigenvalue weighted by Crippen LogP contribution is 2.33. The summed E-state index contributed by atoms with van der Waals surface area (Å²) in [6.07, 6.45) is 9.38. The second-order valence-electron chi connectivity index (χ2n) is 7.75. The molecular weight excluding hydrogens is 459 g/mol. The second-order valence-corrected chi connectivity index (χ2v) is 8.97. The number of ether oxygens (including phenoxy) is 1. The summed E-state index contributed by atoms with van der Waals surface area (Å²) < 4.78 is 5.59. The van der Waals surface area contributed by atoms with Crippen LogP contribution in [-0.4, -0.2) is 74.3 Å². The molecule has 26 heavy (non-hydrogen) atoms. The molecule has 3 fully saturated rings. The topological polar surface area (TPSA) is 48.9 Å². The predicted molar refractivity (Wildman–Crippen MR) is 123 cm³/mol. The van der Waals surface area contributed by atoms with E-state index in [4.69, 9.17) is 4.74 Å². The van der Waals surface area contributed by atoms with Crippen LogP contribution in [0.3, 0.4) is 0 Å². The first-order valence-corrected chi connectivity index (χ1v) is 11.3. The summed E-state index contributed by atoms with van der Waals surface area (Å²) in [5.74, 6) is 4.43. The Bertz CT molecular complexity index is 420. The summed E-state index contributed by atoms with van der Waals surface area (Å²) in [6, 6.07) is 0. The van der Waals surface area contributed by atoms with E-state index < -0.39 is 0 Å². The third kappa shape index (κ3) is 6.41. The molecule has 3 aliphatic rings. The summed E-state index contributed by atoms with van der Waals surface area (Å²) in [5.41, 5.74) is 0.293. The minimum Gasteiger partial charge on any atom is -0.379 e. The molecule has 0 spiro atoms. The number of thioether (sulfide) groups is 1. The lowest BCUT2D eigenvalue weighted by atomic mass is 9.80. The van der Waals surface area contributed by atoms with Gasteiger partial charge in [0.25, 0.3) is 0 Å². The first kappa shape index (κ1) is 22.6. The largest absolute Gasteiger partial charge is 0.379 e. The minimum atomic E-state index is 0. The molecule has 3 rings (SSSR count). The average molecular weight is 497 g/mol. The SMILES string of the molecule is CN=C(NCC1CCSCC1)NCC1(N2CCOCC2)CCCCC1.I. The molecule has 0 aromatic carbocycles. The number of nitrogens with zero attached hydrogens (tertiary/aromatic N) is 2. The Morgan fingerprint density at radius 2 is 1.81 bits per heavy atom. The highest BCUT2D eigenvalue weighted by atomic mass is 127. The van der Waals surface area contributed by atoms with Crippen molar-refractivity contribution >= 4 is 41.7 Å². The molecule has 2 saturated heterocycles. The van der Waals surface area contributed by atoms with Crippen LogP contribution in [0.25, 0.3) is 0 Å². The van der Waals surface area contributed by atoms with Crippen molar-refractivity contribution < 1.29 is 4.74 Å². The molecule has 5 nitrogen and oxygen atoms in total. The fourth-order valence-corrected chi connectivity index (χ4v) is 5.72. The summed E-state index contributed by atoms with van der Waals surface area (Å²) in [7, 11) is 1.90. The number of halogens is 1. The van der Waals surface area contributed by atoms with Gasteiger partial charge in [0.1, 0.15) is 0 Å². The molecule has 2 N–H and O–H groups in total. The van der Waals surface area contributed by atoms with Gasteiger partial charge in [0.15, 0.2) is 5.96 Å². The van der Waals surface area contributed by atoms with Crippen LogP contribution in [0.2, 0.25) is 0 Å². The molecule has 2 aliphatic heterocycles. The molecule has 1 aliphatic carbocycles. The number of nitrogens with one attached hydrogen (secondary N) is 2. The lowest BCUT2D eigenvalue weighted by Crippen LogP contribution is -2.60. The monoisotopic (exact) mass is 496 g/mol. The van der Waals surface area contributed by atoms with Crippen molar-refractivity contribution in [3.8, 4) is 0 Å². The Morgan fingerprint density at radius 1 is 1.12 bits per heavy atom. The highest BCUT2D eigenvalue weighted by Gasteiger charge is 2.38. The zero-order valence-corrected chi connectivity index (χ0v) is 19.4. The molecule has 0 amide bonds. The minimum absolute atomic E-state index is 0. The van der Waals surface area contributed by atoms with E-state index >= 15 is 0 Å². The first-order chi connectivity index (χ1) is 12.3. The van der Waals surface area contributed by atoms with Gasteiger partial charge < -0.3 is 15.4 Å². The molecule has 0 unspecified atom stereocenters. The zero-order chi connectivity index (χ0) is 17.4. The van der Waals surface area contributed by atoms with Crippen molar-refractivity contribution in [2.75, 3.05) is 57.9 Å². The number of hydrogen-bond donors (Lipinski definition) is 2. The van der Waals surface area contributed by atoms with Crippen LogP contribution in [0.4, 0.5) is 0 Å². The van der Waals surface area contributed by atoms with Crippen molar-refractivity contribution in [1.29, 1.82) is 0 Å². The third-order valence-electron chi connectivity index (χ3n) is 6.17. The molecule has 0 radical (unpaired) electrons. The van der Waals surface area contributed by atoms with E-state index in [-0.39, 0.29) is 24.0 Å². The van der Waals surface area contributed by atoms with Gasteiger partial charge in [-0.1, -0.05) is 19.3 Å². The summed E-state index contributed by atoms with van der Waals surface area (Å²) in [4.78, 5) is 7.17. The van der Waals surface area contributed by atoms with Crippen molar-refractivity contribution in [2.45, 2.75) is 50.5 Å². The van der Waals surface area contributed by atoms with Crippen molar-refractivity contribution in [3.63, 3.8) is 0 Å². The van der Waals surface area contributed by atoms with Crippen LogP contribution < -0.4 is 10.6 Å². The lowest BCUT2D eigenvalue weighted by molar-refractivity contribution is -0.0352. The van der Waals surface area contributed by atoms with Crippen LogP contribution in [0.15, 0.2) is 4.99 Å². The fourth-order valence-electron chi connectivity index (χ4n) is 4.51. The molecule has 2 heterocycles. The molecule has 0 aromatic rings. The first-order valence-electron chi connectivity index (χ1n) is 10.2. The molecule has 152 valence electrons. The Kier molecular flexibility index (Phi) is 10.4. The van der Waals surface area contributed by atoms with Crippen LogP contribution in [0.5, 0.6) is 0 Å². The van der Waals surface area contributed by atoms with Gasteiger partial charge in [-0.15, -0.1) is 24.0 Å². The molecule has 0 bridgehead atoms. The van der Waals surface area contributed by atoms with Gasteiger partial charge in [-0.3, -0.25) is 9.89 Å². The Balaban J connectivity index is 0.00000243. The normalized spacial score (nSPS) is 25.3. The molecule has 1 saturated carbocycles. The maximum absolute atomic E-state index is 5.59. The number of guanidine groups is 1. The maximum atomic E-state index is 5.59. The number of morpholine rings is 1. The van der Waals surface area contributed by atoms with E-state index in [0.29, 0.717) is 5.54 Å². The standard InChI is InChI=1S/C19H36N4OS.HI/c1-20-18(21-15-17-5-13-25-14-6-17)22-16-19(7-3-2-4-8-19)23-9-11-24-12-10-23;/h17H,2-16H2,1H3,(H2,20,21,22);1H. The Labute approximate surface area is 180 Å². The van der Waals surface area contributed by atoms with Crippen LogP contribution in [0, 0.1) is 5.92 Å². The van der Waals surface area contributed by atoms with E-state index in [2.05, 4.69) is 32.3 Å². The van der Waals surface area contributed by atoms with Gasteiger partial charge in [-0.05, 0) is 43.1 Å². The van der Waals surface area contributed by atoms with E-state index in [1.54, 1.807) is 0 Å². The van der Waals surface area contributed by atoms with E-state index in [0.717, 1.165) is 51.3 Å². The molecular formula is C19H37IN4OS. The van der Waals surface area contributed by atoms with Gasteiger partial charge in [0.2, 0.25) is 0 Å². The zero-order valence-electron chi connectivity index (χ0n) is 16.3. The summed E-state index contributed by atoms with van der Waals surface area (Å²) in [5, 5.41) is 7.25.